The number of fused-ring (bicyclic) bond motifs is 1. The molecule has 0 bridgehead atoms. The minimum absolute atomic E-state index is 0.138. The van der Waals surface area contributed by atoms with E-state index in [1.807, 2.05) is 12.1 Å². The molecule has 0 spiro atoms. The Morgan fingerprint density at radius 1 is 1.14 bits per heavy atom. The van der Waals surface area contributed by atoms with Gasteiger partial charge in [0.25, 0.3) is 0 Å². The molecular formula is C27H27ClFN5OS. The molecule has 3 aromatic carbocycles. The zero-order valence-electron chi connectivity index (χ0n) is 19.8. The number of nitrogens with one attached hydrogen (secondary N) is 2. The fourth-order valence-corrected chi connectivity index (χ4v) is 5.85. The summed E-state index contributed by atoms with van der Waals surface area (Å²) < 4.78 is 30.4. The van der Waals surface area contributed by atoms with Gasteiger partial charge in [-0.3, -0.25) is 0 Å². The molecule has 3 atom stereocenters. The zero-order valence-corrected chi connectivity index (χ0v) is 21.4. The maximum atomic E-state index is 15.0. The van der Waals surface area contributed by atoms with Gasteiger partial charge in [-0.25, -0.2) is 19.1 Å². The Kier molecular flexibility index (Phi) is 7.29. The summed E-state index contributed by atoms with van der Waals surface area (Å²) in [6, 6.07) is 16.1. The third-order valence-electron chi connectivity index (χ3n) is 6.49. The Hall–Kier alpha value is -2.91. The average molecular weight is 524 g/mol. The molecule has 0 saturated heterocycles. The minimum atomic E-state index is -1.69. The molecule has 0 amide bonds. The second-order valence-electron chi connectivity index (χ2n) is 9.03. The van der Waals surface area contributed by atoms with Crippen LogP contribution in [0.5, 0.6) is 0 Å². The molecule has 36 heavy (non-hydrogen) atoms. The van der Waals surface area contributed by atoms with Gasteiger partial charge >= 0.3 is 0 Å². The van der Waals surface area contributed by atoms with E-state index >= 15 is 4.39 Å². The second kappa shape index (κ2) is 10.6. The highest BCUT2D eigenvalue weighted by Crippen LogP contribution is 2.31. The van der Waals surface area contributed by atoms with Crippen LogP contribution in [0.15, 0.2) is 65.7 Å². The molecule has 1 aliphatic rings. The lowest BCUT2D eigenvalue weighted by atomic mass is 9.98. The van der Waals surface area contributed by atoms with Gasteiger partial charge in [0.05, 0.1) is 10.5 Å². The molecule has 1 fully saturated rings. The summed E-state index contributed by atoms with van der Waals surface area (Å²) in [6.45, 7) is 2.07. The fraction of sp³-hybridized carbons (Fsp3) is 0.259. The number of aryl methyl sites for hydroxylation is 1. The van der Waals surface area contributed by atoms with E-state index in [1.54, 1.807) is 42.6 Å². The fourth-order valence-electron chi connectivity index (χ4n) is 4.58. The Labute approximate surface area is 217 Å². The first-order valence-electron chi connectivity index (χ1n) is 12.0. The van der Waals surface area contributed by atoms with E-state index < -0.39 is 17.2 Å². The van der Waals surface area contributed by atoms with Crippen LogP contribution in [0.3, 0.4) is 0 Å². The smallest absolute Gasteiger partial charge is 0.223 e. The van der Waals surface area contributed by atoms with Crippen molar-refractivity contribution in [3.8, 4) is 11.1 Å². The Morgan fingerprint density at radius 3 is 2.69 bits per heavy atom. The second-order valence-corrected chi connectivity index (χ2v) is 10.6. The summed E-state index contributed by atoms with van der Waals surface area (Å²) in [6.07, 6.45) is 5.53. The van der Waals surface area contributed by atoms with Crippen molar-refractivity contribution in [1.29, 1.82) is 0 Å². The van der Waals surface area contributed by atoms with Crippen molar-refractivity contribution in [3.63, 3.8) is 0 Å². The SMILES string of the molecule is CCc1cc(-c2ccc(N[S+]([O-])c3ccccc3Cl)c(F)c2)cc2cnc(NC3CC[C@H](N)C3)nc12. The van der Waals surface area contributed by atoms with Crippen molar-refractivity contribution in [2.24, 2.45) is 5.73 Å². The van der Waals surface area contributed by atoms with Crippen molar-refractivity contribution in [3.05, 3.63) is 77.2 Å². The van der Waals surface area contributed by atoms with Crippen LogP contribution in [-0.2, 0) is 17.8 Å². The molecular weight excluding hydrogens is 497 g/mol. The average Bonchev–Trinajstić information content (AvgIpc) is 3.29. The highest BCUT2D eigenvalue weighted by molar-refractivity contribution is 7.92. The highest BCUT2D eigenvalue weighted by Gasteiger charge is 2.22. The van der Waals surface area contributed by atoms with Crippen LogP contribution in [0.25, 0.3) is 22.0 Å². The standard InChI is InChI=1S/C27H27ClFN5OS/c1-2-16-11-18(12-19-15-31-27(33-26(16)19)32-21-9-8-20(30)14-21)17-7-10-24(23(29)13-17)34-36(35)25-6-4-3-5-22(25)28/h3-7,10-13,15,20-21,34H,2,8-9,14,30H2,1H3,(H,31,32,33)/t20-,21?,36?/m0/s1. The van der Waals surface area contributed by atoms with Gasteiger partial charge in [-0.05, 0) is 78.8 Å². The van der Waals surface area contributed by atoms with Crippen LogP contribution in [0, 0.1) is 5.82 Å². The molecule has 2 unspecified atom stereocenters. The van der Waals surface area contributed by atoms with Gasteiger partial charge in [-0.15, -0.1) is 0 Å². The summed E-state index contributed by atoms with van der Waals surface area (Å²) in [5.41, 5.74) is 9.68. The molecule has 5 rings (SSSR count). The minimum Gasteiger partial charge on any atom is -0.588 e. The molecule has 6 nitrogen and oxygen atoms in total. The largest absolute Gasteiger partial charge is 0.588 e. The van der Waals surface area contributed by atoms with E-state index in [0.29, 0.717) is 27.5 Å². The van der Waals surface area contributed by atoms with Crippen LogP contribution in [0.2, 0.25) is 5.02 Å². The van der Waals surface area contributed by atoms with Crippen molar-refractivity contribution in [1.82, 2.24) is 9.97 Å². The topological polar surface area (TPSA) is 98.9 Å². The van der Waals surface area contributed by atoms with Crippen LogP contribution in [0.4, 0.5) is 16.0 Å². The summed E-state index contributed by atoms with van der Waals surface area (Å²) >= 11 is 4.43. The number of hydrogen-bond donors (Lipinski definition) is 3. The summed E-state index contributed by atoms with van der Waals surface area (Å²) in [5.74, 6) is 0.105. The van der Waals surface area contributed by atoms with Gasteiger partial charge in [-0.2, -0.15) is 0 Å². The van der Waals surface area contributed by atoms with Crippen LogP contribution < -0.4 is 15.8 Å². The molecule has 4 N–H and O–H groups in total. The first-order valence-corrected chi connectivity index (χ1v) is 13.5. The van der Waals surface area contributed by atoms with Gasteiger partial charge in [0, 0.05) is 23.7 Å². The van der Waals surface area contributed by atoms with E-state index in [4.69, 9.17) is 22.3 Å². The Bertz CT molecular complexity index is 1400. The summed E-state index contributed by atoms with van der Waals surface area (Å²) in [5, 5.41) is 4.66. The number of hydrogen-bond acceptors (Lipinski definition) is 6. The van der Waals surface area contributed by atoms with Crippen LogP contribution in [0.1, 0.15) is 31.7 Å². The van der Waals surface area contributed by atoms with Crippen LogP contribution in [-0.4, -0.2) is 26.6 Å². The molecule has 1 aromatic heterocycles. The summed E-state index contributed by atoms with van der Waals surface area (Å²) in [7, 11) is 0. The number of nitrogens with two attached hydrogens (primary N) is 1. The molecule has 1 heterocycles. The lowest BCUT2D eigenvalue weighted by Crippen LogP contribution is -2.21. The van der Waals surface area contributed by atoms with Gasteiger partial charge in [0.2, 0.25) is 5.95 Å². The highest BCUT2D eigenvalue weighted by atomic mass is 35.5. The number of aromatic nitrogens is 2. The molecule has 186 valence electrons. The van der Waals surface area contributed by atoms with E-state index in [9.17, 15) is 4.55 Å². The quantitative estimate of drug-likeness (QED) is 0.254. The van der Waals surface area contributed by atoms with Gasteiger partial charge in [0.1, 0.15) is 17.0 Å². The molecule has 9 heteroatoms. The summed E-state index contributed by atoms with van der Waals surface area (Å²) in [4.78, 5) is 9.69. The Morgan fingerprint density at radius 2 is 1.97 bits per heavy atom. The first-order chi connectivity index (χ1) is 17.4. The number of rotatable bonds is 7. The van der Waals surface area contributed by atoms with Crippen LogP contribution >= 0.6 is 11.6 Å². The Balaban J connectivity index is 1.40. The maximum absolute atomic E-state index is 15.0. The van der Waals surface area contributed by atoms with Crippen molar-refractivity contribution < 1.29 is 8.94 Å². The molecule has 0 aliphatic heterocycles. The number of anilines is 2. The maximum Gasteiger partial charge on any atom is 0.223 e. The van der Waals surface area contributed by atoms with Gasteiger partial charge < -0.3 is 15.6 Å². The predicted molar refractivity (Wildman–Crippen MR) is 145 cm³/mol. The molecule has 1 aliphatic carbocycles. The molecule has 0 radical (unpaired) electrons. The lowest BCUT2D eigenvalue weighted by molar-refractivity contribution is 0.598. The van der Waals surface area contributed by atoms with E-state index in [0.717, 1.165) is 47.7 Å². The zero-order chi connectivity index (χ0) is 25.2. The van der Waals surface area contributed by atoms with E-state index in [-0.39, 0.29) is 11.7 Å². The third kappa shape index (κ3) is 5.27. The van der Waals surface area contributed by atoms with Gasteiger partial charge in [0.15, 0.2) is 10.7 Å². The molecule has 4 aromatic rings. The van der Waals surface area contributed by atoms with Gasteiger partial charge in [-0.1, -0.05) is 36.7 Å². The van der Waals surface area contributed by atoms with Crippen molar-refractivity contribution in [2.75, 3.05) is 10.0 Å². The lowest BCUT2D eigenvalue weighted by Gasteiger charge is -2.15. The third-order valence-corrected chi connectivity index (χ3v) is 8.09. The molecule has 1 saturated carbocycles. The number of nitrogens with zero attached hydrogens (tertiary/aromatic N) is 2. The monoisotopic (exact) mass is 523 g/mol. The normalized spacial score (nSPS) is 18.4. The van der Waals surface area contributed by atoms with Crippen molar-refractivity contribution in [2.45, 2.75) is 49.6 Å². The van der Waals surface area contributed by atoms with E-state index in [1.165, 1.54) is 6.07 Å². The van der Waals surface area contributed by atoms with E-state index in [2.05, 4.69) is 21.9 Å². The number of halogens is 2. The first kappa shape index (κ1) is 24.8. The predicted octanol–water partition coefficient (Wildman–Crippen LogP) is 6.08. The number of benzene rings is 3. The van der Waals surface area contributed by atoms with Crippen molar-refractivity contribution >= 4 is 45.5 Å².